The second-order valence-corrected chi connectivity index (χ2v) is 4.63. The van der Waals surface area contributed by atoms with Crippen molar-refractivity contribution < 1.29 is 9.53 Å². The average molecular weight is 207 g/mol. The molecule has 3 nitrogen and oxygen atoms in total. The quantitative estimate of drug-likeness (QED) is 0.560. The highest BCUT2D eigenvalue weighted by molar-refractivity contribution is 8.01. The number of ether oxygens (including phenoxy) is 1. The van der Waals surface area contributed by atoms with Gasteiger partial charge in [-0.2, -0.15) is 0 Å². The maximum Gasteiger partial charge on any atom is 0.309 e. The highest BCUT2D eigenvalue weighted by atomic mass is 32.0. The number of carbonyl (C=O) groups is 1. The summed E-state index contributed by atoms with van der Waals surface area (Å²) in [5, 5.41) is 3.24. The van der Waals surface area contributed by atoms with Crippen molar-refractivity contribution in [3.05, 3.63) is 0 Å². The molecule has 0 bridgehead atoms. The van der Waals surface area contributed by atoms with Crippen molar-refractivity contribution in [1.82, 2.24) is 5.09 Å². The summed E-state index contributed by atoms with van der Waals surface area (Å²) < 4.78 is 5.18. The molecular formula is C7H15NO2P2. The smallest absolute Gasteiger partial charge is 0.309 e. The van der Waals surface area contributed by atoms with Crippen molar-refractivity contribution in [3.8, 4) is 0 Å². The monoisotopic (exact) mass is 207 g/mol. The minimum atomic E-state index is -0.0549. The van der Waals surface area contributed by atoms with Crippen LogP contribution in [0.1, 0.15) is 20.3 Å². The normalized spacial score (nSPS) is 32.8. The molecular weight excluding hydrogens is 192 g/mol. The molecule has 5 heteroatoms. The summed E-state index contributed by atoms with van der Waals surface area (Å²) in [6.45, 7) is 3.96. The van der Waals surface area contributed by atoms with E-state index in [9.17, 15) is 4.79 Å². The molecule has 1 aliphatic rings. The summed E-state index contributed by atoms with van der Waals surface area (Å²) in [5.41, 5.74) is 0. The van der Waals surface area contributed by atoms with Gasteiger partial charge in [0, 0.05) is 6.04 Å². The number of carbonyl (C=O) groups excluding carboxylic acids is 1. The van der Waals surface area contributed by atoms with Gasteiger partial charge in [0.15, 0.2) is 0 Å². The first-order valence-electron chi connectivity index (χ1n) is 4.06. The Hall–Kier alpha value is 0.290. The molecule has 5 atom stereocenters. The molecule has 1 heterocycles. The van der Waals surface area contributed by atoms with Gasteiger partial charge in [0.05, 0.1) is 5.92 Å². The predicted octanol–water partition coefficient (Wildman–Crippen LogP) is 1.30. The second-order valence-electron chi connectivity index (χ2n) is 3.19. The Labute approximate surface area is 76.9 Å². The Morgan fingerprint density at radius 3 is 2.92 bits per heavy atom. The number of esters is 1. The van der Waals surface area contributed by atoms with E-state index in [0.29, 0.717) is 8.42 Å². The topological polar surface area (TPSA) is 38.3 Å². The SMILES string of the molecule is CC(NPP)C1C[C@@H](C)C(=O)O1. The van der Waals surface area contributed by atoms with Crippen LogP contribution in [0.4, 0.5) is 0 Å². The van der Waals surface area contributed by atoms with Gasteiger partial charge >= 0.3 is 5.97 Å². The molecule has 1 rings (SSSR count). The summed E-state index contributed by atoms with van der Waals surface area (Å²) >= 11 is 0. The van der Waals surface area contributed by atoms with Crippen LogP contribution in [0.25, 0.3) is 0 Å². The Bertz CT molecular complexity index is 177. The lowest BCUT2D eigenvalue weighted by molar-refractivity contribution is -0.144. The fourth-order valence-electron chi connectivity index (χ4n) is 1.29. The predicted molar refractivity (Wildman–Crippen MR) is 54.3 cm³/mol. The maximum absolute atomic E-state index is 11.0. The fourth-order valence-corrected chi connectivity index (χ4v) is 2.53. The molecule has 1 aliphatic heterocycles. The molecule has 0 aromatic rings. The van der Waals surface area contributed by atoms with E-state index >= 15 is 0 Å². The van der Waals surface area contributed by atoms with Crippen molar-refractivity contribution in [2.75, 3.05) is 0 Å². The Balaban J connectivity index is 2.40. The van der Waals surface area contributed by atoms with E-state index in [0.717, 1.165) is 6.42 Å². The minimum Gasteiger partial charge on any atom is -0.460 e. The molecule has 0 aromatic heterocycles. The van der Waals surface area contributed by atoms with E-state index in [2.05, 4.69) is 14.0 Å². The van der Waals surface area contributed by atoms with Crippen LogP contribution < -0.4 is 5.09 Å². The first kappa shape index (κ1) is 10.4. The first-order valence-corrected chi connectivity index (χ1v) is 6.87. The van der Waals surface area contributed by atoms with Gasteiger partial charge in [-0.25, -0.2) is 0 Å². The Kier molecular flexibility index (Phi) is 3.89. The van der Waals surface area contributed by atoms with E-state index in [-0.39, 0.29) is 24.0 Å². The molecule has 1 saturated heterocycles. The molecule has 1 fully saturated rings. The number of hydrogen-bond donors (Lipinski definition) is 1. The van der Waals surface area contributed by atoms with Gasteiger partial charge in [-0.15, -0.1) is 0 Å². The molecule has 4 unspecified atom stereocenters. The molecule has 12 heavy (non-hydrogen) atoms. The van der Waals surface area contributed by atoms with Gasteiger partial charge in [0.2, 0.25) is 0 Å². The van der Waals surface area contributed by atoms with Crippen LogP contribution in [0.2, 0.25) is 0 Å². The molecule has 0 amide bonds. The first-order chi connectivity index (χ1) is 5.65. The lowest BCUT2D eigenvalue weighted by atomic mass is 10.0. The summed E-state index contributed by atoms with van der Waals surface area (Å²) in [6, 6.07) is 0.273. The average Bonchev–Trinajstić information content (AvgIpc) is 2.33. The minimum absolute atomic E-state index is 0.0549. The van der Waals surface area contributed by atoms with E-state index in [1.165, 1.54) is 0 Å². The fraction of sp³-hybridized carbons (Fsp3) is 0.857. The molecule has 0 aromatic carbocycles. The van der Waals surface area contributed by atoms with Gasteiger partial charge in [-0.05, 0) is 21.8 Å². The summed E-state index contributed by atoms with van der Waals surface area (Å²) in [6.07, 6.45) is 0.919. The summed E-state index contributed by atoms with van der Waals surface area (Å²) in [5.74, 6) is 0.0211. The molecule has 0 spiro atoms. The Morgan fingerprint density at radius 1 is 1.83 bits per heavy atom. The molecule has 70 valence electrons. The van der Waals surface area contributed by atoms with Crippen molar-refractivity contribution in [2.45, 2.75) is 32.4 Å². The van der Waals surface area contributed by atoms with E-state index in [1.807, 2.05) is 13.8 Å². The van der Waals surface area contributed by atoms with E-state index < -0.39 is 0 Å². The largest absolute Gasteiger partial charge is 0.460 e. The molecule has 0 radical (unpaired) electrons. The van der Waals surface area contributed by atoms with Gasteiger partial charge < -0.3 is 4.74 Å². The van der Waals surface area contributed by atoms with E-state index in [4.69, 9.17) is 4.74 Å². The van der Waals surface area contributed by atoms with Crippen LogP contribution in [0, 0.1) is 5.92 Å². The number of hydrogen-bond acceptors (Lipinski definition) is 3. The van der Waals surface area contributed by atoms with Gasteiger partial charge in [0.25, 0.3) is 0 Å². The van der Waals surface area contributed by atoms with Crippen LogP contribution in [0.3, 0.4) is 0 Å². The molecule has 1 N–H and O–H groups in total. The maximum atomic E-state index is 11.0. The van der Waals surface area contributed by atoms with E-state index in [1.54, 1.807) is 0 Å². The standard InChI is InChI=1S/C7H15NO2P2/c1-4-3-6(10-7(4)9)5(2)8-12-11/h4-6,8,12H,3,11H2,1-2H3/t4-,5?,6?/m1/s1. The van der Waals surface area contributed by atoms with Crippen molar-refractivity contribution in [3.63, 3.8) is 0 Å². The molecule has 0 aliphatic carbocycles. The third-order valence-electron chi connectivity index (χ3n) is 2.12. The second kappa shape index (κ2) is 4.50. The summed E-state index contributed by atoms with van der Waals surface area (Å²) in [7, 11) is 3.25. The van der Waals surface area contributed by atoms with Crippen molar-refractivity contribution in [2.24, 2.45) is 5.92 Å². The third kappa shape index (κ3) is 2.39. The third-order valence-corrected chi connectivity index (χ3v) is 3.25. The van der Waals surface area contributed by atoms with Crippen LogP contribution >= 0.6 is 17.3 Å². The highest BCUT2D eigenvalue weighted by Gasteiger charge is 2.33. The van der Waals surface area contributed by atoms with Crippen molar-refractivity contribution >= 4 is 23.3 Å². The molecule has 0 saturated carbocycles. The summed E-state index contributed by atoms with van der Waals surface area (Å²) in [4.78, 5) is 11.0. The number of rotatable bonds is 3. The van der Waals surface area contributed by atoms with Gasteiger partial charge in [0.1, 0.15) is 6.10 Å². The zero-order valence-corrected chi connectivity index (χ0v) is 9.49. The number of nitrogens with one attached hydrogen (secondary N) is 1. The highest BCUT2D eigenvalue weighted by Crippen LogP contribution is 2.25. The van der Waals surface area contributed by atoms with Gasteiger partial charge in [-0.3, -0.25) is 9.88 Å². The van der Waals surface area contributed by atoms with Crippen LogP contribution in [-0.2, 0) is 9.53 Å². The lowest BCUT2D eigenvalue weighted by Gasteiger charge is -2.17. The van der Waals surface area contributed by atoms with Crippen molar-refractivity contribution in [1.29, 1.82) is 0 Å². The lowest BCUT2D eigenvalue weighted by Crippen LogP contribution is -2.31. The Morgan fingerprint density at radius 2 is 2.50 bits per heavy atom. The zero-order valence-electron chi connectivity index (χ0n) is 7.33. The number of cyclic esters (lactones) is 1. The van der Waals surface area contributed by atoms with Gasteiger partial charge in [-0.1, -0.05) is 15.9 Å². The van der Waals surface area contributed by atoms with Crippen LogP contribution in [-0.4, -0.2) is 18.1 Å². The van der Waals surface area contributed by atoms with Crippen LogP contribution in [0.5, 0.6) is 0 Å². The zero-order chi connectivity index (χ0) is 9.14. The van der Waals surface area contributed by atoms with Crippen LogP contribution in [0.15, 0.2) is 0 Å².